The number of carboxylic acid groups (broad SMARTS) is 5. The molecule has 84 heavy (non-hydrogen) atoms. The molecule has 2 aliphatic rings. The molecule has 1 heterocycles. The Hall–Kier alpha value is -10.0. The summed E-state index contributed by atoms with van der Waals surface area (Å²) in [5, 5.41) is 79.5. The van der Waals surface area contributed by atoms with Crippen molar-refractivity contribution in [1.29, 1.82) is 0 Å². The summed E-state index contributed by atoms with van der Waals surface area (Å²) in [5.74, 6) is -9.78. The zero-order valence-corrected chi connectivity index (χ0v) is 46.1. The molecule has 0 aromatic heterocycles. The molecule has 1 aliphatic heterocycles. The molecule has 4 aromatic carbocycles. The topological polar surface area (TPSA) is 401 Å². The van der Waals surface area contributed by atoms with Gasteiger partial charge in [0.25, 0.3) is 0 Å². The Labute approximate surface area is 488 Å². The maximum atomic E-state index is 14.4. The summed E-state index contributed by atoms with van der Waals surface area (Å²) in [5.41, 5.74) is 2.20. The van der Waals surface area contributed by atoms with E-state index in [2.05, 4.69) is 42.5 Å². The highest BCUT2D eigenvalue weighted by molar-refractivity contribution is 7.80. The molecular weight excluding hydrogens is 1130 g/mol. The molecule has 27 heteroatoms. The summed E-state index contributed by atoms with van der Waals surface area (Å²) in [6.07, 6.45) is -2.40. The van der Waals surface area contributed by atoms with E-state index in [1.165, 1.54) is 42.5 Å². The van der Waals surface area contributed by atoms with Gasteiger partial charge < -0.3 is 77.6 Å². The van der Waals surface area contributed by atoms with Crippen LogP contribution in [0, 0.1) is 0 Å². The lowest BCUT2D eigenvalue weighted by Gasteiger charge is -2.26. The Balaban J connectivity index is 1.08. The third-order valence-corrected chi connectivity index (χ3v) is 13.3. The Morgan fingerprint density at radius 3 is 1.52 bits per heavy atom. The number of benzene rings is 5. The zero-order valence-electron chi connectivity index (χ0n) is 44.4. The fourth-order valence-electron chi connectivity index (χ4n) is 8.68. The van der Waals surface area contributed by atoms with Gasteiger partial charge in [-0.2, -0.15) is 0 Å². The third kappa shape index (κ3) is 18.8. The summed E-state index contributed by atoms with van der Waals surface area (Å²) in [6.45, 7) is -0.255. The zero-order chi connectivity index (χ0) is 61.0. The lowest BCUT2D eigenvalue weighted by atomic mass is 9.90. The molecule has 440 valence electrons. The summed E-state index contributed by atoms with van der Waals surface area (Å²) >= 11 is 10.7. The van der Waals surface area contributed by atoms with Gasteiger partial charge in [-0.15, -0.1) is 0 Å². The van der Waals surface area contributed by atoms with Crippen molar-refractivity contribution in [3.05, 3.63) is 142 Å². The van der Waals surface area contributed by atoms with Crippen LogP contribution in [0.3, 0.4) is 0 Å². The molecule has 25 nitrogen and oxygen atoms in total. The van der Waals surface area contributed by atoms with Crippen LogP contribution in [0.2, 0.25) is 0 Å². The number of carboxylic acids is 5. The van der Waals surface area contributed by atoms with E-state index in [0.29, 0.717) is 27.6 Å². The van der Waals surface area contributed by atoms with Crippen LogP contribution in [0.15, 0.2) is 124 Å². The van der Waals surface area contributed by atoms with Crippen molar-refractivity contribution in [3.63, 3.8) is 0 Å². The second kappa shape index (κ2) is 30.2. The Morgan fingerprint density at radius 1 is 0.512 bits per heavy atom. The van der Waals surface area contributed by atoms with Crippen LogP contribution in [0.5, 0.6) is 5.75 Å². The second-order valence-corrected chi connectivity index (χ2v) is 19.8. The van der Waals surface area contributed by atoms with Crippen molar-refractivity contribution < 1.29 is 78.2 Å². The van der Waals surface area contributed by atoms with Crippen molar-refractivity contribution in [2.75, 3.05) is 18.4 Å². The van der Waals surface area contributed by atoms with E-state index in [4.69, 9.17) is 34.0 Å². The first-order chi connectivity index (χ1) is 40.0. The predicted octanol–water partition coefficient (Wildman–Crippen LogP) is 3.19. The molecule has 0 bridgehead atoms. The molecule has 0 saturated carbocycles. The molecule has 6 rings (SSSR count). The van der Waals surface area contributed by atoms with Gasteiger partial charge in [0.05, 0.1) is 5.56 Å². The van der Waals surface area contributed by atoms with Gasteiger partial charge in [0.1, 0.15) is 47.3 Å². The minimum Gasteiger partial charge on any atom is -0.508 e. The first kappa shape index (κ1) is 63.2. The van der Waals surface area contributed by atoms with Crippen molar-refractivity contribution in [1.82, 2.24) is 37.2 Å². The Kier molecular flexibility index (Phi) is 22.7. The number of fused-ring (bicyclic) bond motifs is 2. The van der Waals surface area contributed by atoms with Crippen LogP contribution >= 0.6 is 24.4 Å². The Morgan fingerprint density at radius 2 is 1.00 bits per heavy atom. The van der Waals surface area contributed by atoms with Crippen molar-refractivity contribution in [2.24, 2.45) is 0 Å². The number of anilines is 1. The van der Waals surface area contributed by atoms with Crippen LogP contribution in [-0.2, 0) is 51.2 Å². The van der Waals surface area contributed by atoms with Crippen molar-refractivity contribution in [3.8, 4) is 28.2 Å². The number of thiocarbonyl (C=S) groups is 2. The predicted molar refractivity (Wildman–Crippen MR) is 311 cm³/mol. The molecule has 1 aliphatic carbocycles. The van der Waals surface area contributed by atoms with Gasteiger partial charge in [0, 0.05) is 79.5 Å². The monoisotopic (exact) mass is 1190 g/mol. The molecule has 5 atom stereocenters. The van der Waals surface area contributed by atoms with Gasteiger partial charge in [-0.05, 0) is 96.8 Å². The summed E-state index contributed by atoms with van der Waals surface area (Å²) in [6, 6.07) is 23.1. The number of hydrogen-bond donors (Lipinski definition) is 14. The first-order valence-corrected chi connectivity index (χ1v) is 26.7. The maximum absolute atomic E-state index is 14.4. The number of carbonyl (C=O) groups excluding carboxylic acids is 4. The number of phenolic OH excluding ortho intramolecular Hbond substituents is 1. The Bertz CT molecular complexity index is 3480. The number of nitrogens with one attached hydrogen (secondary N) is 8. The van der Waals surface area contributed by atoms with Crippen molar-refractivity contribution in [2.45, 2.75) is 81.6 Å². The lowest BCUT2D eigenvalue weighted by Crippen LogP contribution is -2.57. The highest BCUT2D eigenvalue weighted by atomic mass is 32.1. The number of aromatic carboxylic acids is 1. The summed E-state index contributed by atoms with van der Waals surface area (Å²) < 4.78 is 5.93. The van der Waals surface area contributed by atoms with Gasteiger partial charge in [-0.1, -0.05) is 66.7 Å². The van der Waals surface area contributed by atoms with Gasteiger partial charge in [0.2, 0.25) is 23.6 Å². The highest BCUT2D eigenvalue weighted by Gasteiger charge is 2.31. The standard InChI is InChI=1S/C57H58N8O17S2/c66-33-12-15-36-44(28-33)82-45-29-34(67)13-16-37(45)49(36)35-14-11-32(27-38(35)52(74)75)60-56(83)65-43(26-31-9-5-2-6-10-31)51(73)62-42(25-30-7-3-1-4-8-30)50(72)61-39(53(76)77)17-20-46(68)58-23-24-59-47(69)21-18-40(54(78)79)63-57(84)64-41(55(80)81)19-22-48(70)71/h1-16,27-29,39-43,66H,17-26H2,(H,58,68)(H,59,69)(H,61,72)(H,62,73)(H,70,71)(H,74,75)(H,76,77)(H,78,79)(H,80,81)(H2,60,65,83)(H2,63,64,84). The normalized spacial score (nSPS) is 12.7. The average Bonchev–Trinajstić information content (AvgIpc) is 3.50. The summed E-state index contributed by atoms with van der Waals surface area (Å²) in [4.78, 5) is 126. The number of hydrogen-bond acceptors (Lipinski definition) is 14. The largest absolute Gasteiger partial charge is 0.508 e. The number of carbonyl (C=O) groups is 9. The number of amides is 4. The van der Waals surface area contributed by atoms with Crippen LogP contribution in [-0.4, -0.2) is 138 Å². The van der Waals surface area contributed by atoms with Crippen LogP contribution in [0.4, 0.5) is 5.69 Å². The number of aromatic hydroxyl groups is 1. The van der Waals surface area contributed by atoms with E-state index >= 15 is 0 Å². The minimum atomic E-state index is -1.62. The average molecular weight is 1190 g/mol. The van der Waals surface area contributed by atoms with Gasteiger partial charge in [-0.25, -0.2) is 19.2 Å². The number of phenols is 1. The highest BCUT2D eigenvalue weighted by Crippen LogP contribution is 2.42. The third-order valence-electron chi connectivity index (χ3n) is 12.8. The van der Waals surface area contributed by atoms with E-state index in [1.807, 2.05) is 0 Å². The van der Waals surface area contributed by atoms with Crippen LogP contribution in [0.1, 0.15) is 60.0 Å². The van der Waals surface area contributed by atoms with Gasteiger partial charge >= 0.3 is 29.8 Å². The SMILES string of the molecule is O=C(O)CCC(NC(=S)NC(CCC(=O)NCCNC(=O)CCC(NC(=O)C(Cc1ccccc1)NC(=O)C(Cc1ccccc1)NC(=S)Nc1ccc(-c2c3ccc(=O)cc-3oc3cc(O)ccc23)c(C(=O)O)c1)C(=O)O)C(=O)O)C(=O)O. The molecule has 14 N–H and O–H groups in total. The molecule has 4 aromatic rings. The van der Waals surface area contributed by atoms with Crippen molar-refractivity contribution >= 4 is 105 Å². The van der Waals surface area contributed by atoms with E-state index in [1.54, 1.807) is 72.8 Å². The first-order valence-electron chi connectivity index (χ1n) is 25.9. The molecule has 4 amide bonds. The molecular formula is C57H58N8O17S2. The van der Waals surface area contributed by atoms with E-state index in [9.17, 15) is 73.5 Å². The maximum Gasteiger partial charge on any atom is 0.336 e. The molecule has 0 radical (unpaired) electrons. The molecule has 5 unspecified atom stereocenters. The molecule has 0 fully saturated rings. The lowest BCUT2D eigenvalue weighted by molar-refractivity contribution is -0.143. The quantitative estimate of drug-likeness (QED) is 0.0182. The second-order valence-electron chi connectivity index (χ2n) is 19.0. The van der Waals surface area contributed by atoms with Crippen LogP contribution < -0.4 is 48.0 Å². The fourth-order valence-corrected chi connectivity index (χ4v) is 9.23. The van der Waals surface area contributed by atoms with E-state index < -0.39 is 103 Å². The number of rotatable bonds is 29. The van der Waals surface area contributed by atoms with E-state index in [-0.39, 0.29) is 94.8 Å². The van der Waals surface area contributed by atoms with Gasteiger partial charge in [-0.3, -0.25) is 28.8 Å². The smallest absolute Gasteiger partial charge is 0.336 e. The fraction of sp³-hybridized carbons (Fsp3) is 0.263. The van der Waals surface area contributed by atoms with Gasteiger partial charge in [0.15, 0.2) is 15.7 Å². The number of aliphatic carboxylic acids is 4. The molecule has 0 spiro atoms. The summed E-state index contributed by atoms with van der Waals surface area (Å²) in [7, 11) is 0. The van der Waals surface area contributed by atoms with E-state index in [0.717, 1.165) is 0 Å². The minimum absolute atomic E-state index is 0.0113. The molecule has 0 saturated heterocycles. The van der Waals surface area contributed by atoms with Crippen LogP contribution in [0.25, 0.3) is 33.4 Å².